The lowest BCUT2D eigenvalue weighted by Crippen LogP contribution is -2.51. The van der Waals surface area contributed by atoms with Crippen LogP contribution in [0.25, 0.3) is 22.1 Å². The number of aromatic amines is 2. The lowest BCUT2D eigenvalue weighted by molar-refractivity contribution is 0.138. The zero-order valence-corrected chi connectivity index (χ0v) is 16.1. The number of carbonyl (C=O) groups excluding carboxylic acids is 1. The fourth-order valence-corrected chi connectivity index (χ4v) is 4.84. The Bertz CT molecular complexity index is 1070. The number of hydrogen-bond acceptors (Lipinski definition) is 3. The average molecular weight is 382 g/mol. The van der Waals surface area contributed by atoms with E-state index in [1.165, 1.54) is 12.8 Å². The number of amides is 2. The van der Waals surface area contributed by atoms with E-state index in [4.69, 9.17) is 0 Å². The van der Waals surface area contributed by atoms with Crippen LogP contribution in [0.4, 0.5) is 4.79 Å². The van der Waals surface area contributed by atoms with Crippen molar-refractivity contribution < 1.29 is 4.79 Å². The summed E-state index contributed by atoms with van der Waals surface area (Å²) in [5.74, 6) is 0.300. The van der Waals surface area contributed by atoms with Crippen LogP contribution in [0.3, 0.4) is 0 Å². The van der Waals surface area contributed by atoms with Gasteiger partial charge < -0.3 is 20.2 Å². The Morgan fingerprint density at radius 3 is 2.93 bits per heavy atom. The molecule has 2 aliphatic rings. The molecule has 3 N–H and O–H groups in total. The molecule has 2 unspecified atom stereocenters. The Balaban J connectivity index is 1.49. The van der Waals surface area contributed by atoms with E-state index in [0.29, 0.717) is 18.5 Å². The van der Waals surface area contributed by atoms with Gasteiger partial charge in [-0.15, -0.1) is 0 Å². The number of fused-ring (bicyclic) bond motifs is 3. The summed E-state index contributed by atoms with van der Waals surface area (Å²) in [6, 6.07) is 2.19. The maximum absolute atomic E-state index is 12.9. The third-order valence-electron chi connectivity index (χ3n) is 6.48. The lowest BCUT2D eigenvalue weighted by atomic mass is 9.93. The van der Waals surface area contributed by atoms with Crippen LogP contribution >= 0.6 is 0 Å². The normalized spacial score (nSPS) is 23.7. The van der Waals surface area contributed by atoms with Crippen molar-refractivity contribution >= 4 is 28.1 Å². The minimum absolute atomic E-state index is 0.00477. The number of hydrogen-bond donors (Lipinski definition) is 3. The molecule has 28 heavy (non-hydrogen) atoms. The highest BCUT2D eigenvalue weighted by atomic mass is 16.2. The molecule has 1 saturated carbocycles. The number of rotatable bonds is 2. The predicted molar refractivity (Wildman–Crippen MR) is 107 cm³/mol. The molecule has 1 saturated heterocycles. The van der Waals surface area contributed by atoms with Crippen LogP contribution in [-0.2, 0) is 0 Å². The first-order valence-electron chi connectivity index (χ1n) is 10.2. The fraction of sp³-hybridized carbons (Fsp3) is 0.550. The molecule has 0 radical (unpaired) electrons. The van der Waals surface area contributed by atoms with Crippen molar-refractivity contribution in [3.63, 3.8) is 0 Å². The van der Waals surface area contributed by atoms with Gasteiger partial charge in [0.05, 0.1) is 23.3 Å². The number of nitrogens with one attached hydrogen (secondary N) is 3. The van der Waals surface area contributed by atoms with E-state index in [1.54, 1.807) is 6.20 Å². The summed E-state index contributed by atoms with van der Waals surface area (Å²) in [7, 11) is 0. The molecule has 8 heteroatoms. The zero-order valence-electron chi connectivity index (χ0n) is 16.1. The van der Waals surface area contributed by atoms with Crippen molar-refractivity contribution in [1.82, 2.24) is 29.7 Å². The van der Waals surface area contributed by atoms with Gasteiger partial charge in [-0.25, -0.2) is 14.6 Å². The maximum Gasteiger partial charge on any atom is 0.326 e. The number of piperidine rings is 1. The Labute approximate surface area is 162 Å². The lowest BCUT2D eigenvalue weighted by Gasteiger charge is -2.38. The minimum atomic E-state index is -0.139. The number of carbonyl (C=O) groups is 1. The smallest absolute Gasteiger partial charge is 0.326 e. The van der Waals surface area contributed by atoms with E-state index in [1.807, 2.05) is 21.7 Å². The van der Waals surface area contributed by atoms with Crippen LogP contribution in [0.1, 0.15) is 45.1 Å². The summed E-state index contributed by atoms with van der Waals surface area (Å²) < 4.78 is 1.84. The number of likely N-dealkylation sites (tertiary alicyclic amines) is 1. The van der Waals surface area contributed by atoms with Gasteiger partial charge in [-0.1, -0.05) is 19.8 Å². The van der Waals surface area contributed by atoms with Crippen LogP contribution in [0.2, 0.25) is 0 Å². The molecule has 0 spiro atoms. The number of urea groups is 1. The Morgan fingerprint density at radius 2 is 2.11 bits per heavy atom. The van der Waals surface area contributed by atoms with Gasteiger partial charge in [-0.05, 0) is 31.2 Å². The number of imidazole rings is 1. The summed E-state index contributed by atoms with van der Waals surface area (Å²) >= 11 is 0. The second-order valence-corrected chi connectivity index (χ2v) is 8.27. The standard InChI is InChI=1S/C20H26N6O2/c1-12-7-9-25(19(27)23-13-4-2-3-5-13)11-16(12)26-17-14-6-8-21-18(14)22-10-15(17)24-20(26)28/h6,8,10,12-13,16H,2-5,7,9,11H2,1H3,(H,21,22)(H,23,27)(H,24,28). The van der Waals surface area contributed by atoms with Crippen LogP contribution in [0, 0.1) is 5.92 Å². The first-order chi connectivity index (χ1) is 13.6. The SMILES string of the molecule is CC1CCN(C(=O)NC2CCCC2)CC1n1c(=O)[nH]c2cnc3[nH]ccc3c21. The van der Waals surface area contributed by atoms with Crippen molar-refractivity contribution in [3.8, 4) is 0 Å². The van der Waals surface area contributed by atoms with Gasteiger partial charge in [0.15, 0.2) is 0 Å². The summed E-state index contributed by atoms with van der Waals surface area (Å²) in [5, 5.41) is 4.11. The van der Waals surface area contributed by atoms with E-state index in [9.17, 15) is 9.59 Å². The second kappa shape index (κ2) is 6.68. The molecule has 2 atom stereocenters. The van der Waals surface area contributed by atoms with Crippen molar-refractivity contribution in [2.45, 2.75) is 51.1 Å². The summed E-state index contributed by atoms with van der Waals surface area (Å²) in [4.78, 5) is 38.0. The topological polar surface area (TPSA) is 98.8 Å². The van der Waals surface area contributed by atoms with Crippen molar-refractivity contribution in [2.24, 2.45) is 5.92 Å². The zero-order chi connectivity index (χ0) is 19.3. The largest absolute Gasteiger partial charge is 0.346 e. The molecule has 1 aliphatic carbocycles. The highest BCUT2D eigenvalue weighted by Gasteiger charge is 2.33. The molecule has 3 aromatic rings. The van der Waals surface area contributed by atoms with E-state index < -0.39 is 0 Å². The van der Waals surface area contributed by atoms with Gasteiger partial charge in [0.25, 0.3) is 0 Å². The molecule has 0 bridgehead atoms. The third-order valence-corrected chi connectivity index (χ3v) is 6.48. The highest BCUT2D eigenvalue weighted by Crippen LogP contribution is 2.31. The van der Waals surface area contributed by atoms with E-state index in [2.05, 4.69) is 27.2 Å². The van der Waals surface area contributed by atoms with Gasteiger partial charge in [0.1, 0.15) is 5.65 Å². The van der Waals surface area contributed by atoms with Crippen LogP contribution in [-0.4, -0.2) is 49.6 Å². The molecular formula is C20H26N6O2. The molecule has 1 aliphatic heterocycles. The molecule has 148 valence electrons. The Hall–Kier alpha value is -2.77. The second-order valence-electron chi connectivity index (χ2n) is 8.27. The molecule has 0 aromatic carbocycles. The quantitative estimate of drug-likeness (QED) is 0.635. The van der Waals surface area contributed by atoms with E-state index in [-0.39, 0.29) is 17.8 Å². The maximum atomic E-state index is 12.9. The number of nitrogens with zero attached hydrogens (tertiary/aromatic N) is 3. The molecule has 4 heterocycles. The molecule has 3 aromatic heterocycles. The molecule has 2 fully saturated rings. The van der Waals surface area contributed by atoms with E-state index in [0.717, 1.165) is 47.9 Å². The summed E-state index contributed by atoms with van der Waals surface area (Å²) in [5.41, 5.74) is 2.22. The molecule has 8 nitrogen and oxygen atoms in total. The minimum Gasteiger partial charge on any atom is -0.346 e. The molecule has 2 amide bonds. The van der Waals surface area contributed by atoms with Crippen molar-refractivity contribution in [1.29, 1.82) is 0 Å². The first-order valence-corrected chi connectivity index (χ1v) is 10.2. The monoisotopic (exact) mass is 382 g/mol. The van der Waals surface area contributed by atoms with Gasteiger partial charge in [0, 0.05) is 30.7 Å². The van der Waals surface area contributed by atoms with Crippen LogP contribution in [0.5, 0.6) is 0 Å². The van der Waals surface area contributed by atoms with Gasteiger partial charge in [-0.3, -0.25) is 4.57 Å². The van der Waals surface area contributed by atoms with Gasteiger partial charge in [-0.2, -0.15) is 0 Å². The first kappa shape index (κ1) is 17.3. The molecular weight excluding hydrogens is 356 g/mol. The highest BCUT2D eigenvalue weighted by molar-refractivity contribution is 6.00. The average Bonchev–Trinajstić information content (AvgIpc) is 3.41. The van der Waals surface area contributed by atoms with Crippen molar-refractivity contribution in [3.05, 3.63) is 28.9 Å². The fourth-order valence-electron chi connectivity index (χ4n) is 4.84. The number of aromatic nitrogens is 4. The van der Waals surface area contributed by atoms with E-state index >= 15 is 0 Å². The van der Waals surface area contributed by atoms with Crippen LogP contribution < -0.4 is 11.0 Å². The Morgan fingerprint density at radius 1 is 1.29 bits per heavy atom. The van der Waals surface area contributed by atoms with Crippen LogP contribution in [0.15, 0.2) is 23.3 Å². The molecule has 5 rings (SSSR count). The predicted octanol–water partition coefficient (Wildman–Crippen LogP) is 2.74. The van der Waals surface area contributed by atoms with Crippen molar-refractivity contribution in [2.75, 3.05) is 13.1 Å². The number of H-pyrrole nitrogens is 2. The summed E-state index contributed by atoms with van der Waals surface area (Å²) in [6.07, 6.45) is 8.93. The third kappa shape index (κ3) is 2.78. The Kier molecular flexibility index (Phi) is 4.14. The van der Waals surface area contributed by atoms with Gasteiger partial charge >= 0.3 is 11.7 Å². The number of pyridine rings is 1. The summed E-state index contributed by atoms with van der Waals surface area (Å²) in [6.45, 7) is 3.44. The van der Waals surface area contributed by atoms with Gasteiger partial charge in [0.2, 0.25) is 0 Å².